The molecule has 0 radical (unpaired) electrons. The molecule has 184 valence electrons. The van der Waals surface area contributed by atoms with Gasteiger partial charge in [-0.25, -0.2) is 0 Å². The van der Waals surface area contributed by atoms with Crippen molar-refractivity contribution in [2.75, 3.05) is 40.9 Å². The molecule has 0 heterocycles. The van der Waals surface area contributed by atoms with Gasteiger partial charge in [0.15, 0.2) is 11.5 Å². The van der Waals surface area contributed by atoms with Crippen LogP contribution >= 0.6 is 0 Å². The van der Waals surface area contributed by atoms with Crippen molar-refractivity contribution in [1.29, 1.82) is 0 Å². The lowest BCUT2D eigenvalue weighted by Crippen LogP contribution is -2.40. The number of hydrogen-bond acceptors (Lipinski definition) is 4. The monoisotopic (exact) mass is 464 g/mol. The Bertz CT molecular complexity index is 907. The number of nitrogens with zero attached hydrogens (tertiary/aromatic N) is 2. The molecule has 0 saturated heterocycles. The van der Waals surface area contributed by atoms with E-state index in [0.717, 1.165) is 62.4 Å². The van der Waals surface area contributed by atoms with E-state index in [1.54, 1.807) is 14.2 Å². The summed E-state index contributed by atoms with van der Waals surface area (Å²) in [5.74, 6) is 1.79. The van der Waals surface area contributed by atoms with Gasteiger partial charge in [0.05, 0.1) is 14.2 Å². The summed E-state index contributed by atoms with van der Waals surface area (Å²) < 4.78 is 10.7. The molecule has 1 saturated carbocycles. The van der Waals surface area contributed by atoms with Gasteiger partial charge >= 0.3 is 0 Å². The van der Waals surface area contributed by atoms with Crippen LogP contribution in [0.15, 0.2) is 54.6 Å². The smallest absolute Gasteiger partial charge is 0.226 e. The quantitative estimate of drug-likeness (QED) is 0.396. The molecule has 0 aliphatic heterocycles. The van der Waals surface area contributed by atoms with Gasteiger partial charge in [0.1, 0.15) is 0 Å². The second-order valence-electron chi connectivity index (χ2n) is 9.14. The minimum absolute atomic E-state index is 0.257. The van der Waals surface area contributed by atoms with Crippen molar-refractivity contribution in [1.82, 2.24) is 9.80 Å². The van der Waals surface area contributed by atoms with Gasteiger partial charge in [0.2, 0.25) is 5.91 Å². The lowest BCUT2D eigenvalue weighted by atomic mass is 10.1. The minimum Gasteiger partial charge on any atom is -0.493 e. The fraction of sp³-hybridized carbons (Fsp3) is 0.483. The van der Waals surface area contributed by atoms with Crippen LogP contribution in [0.2, 0.25) is 0 Å². The highest BCUT2D eigenvalue weighted by molar-refractivity contribution is 5.79. The Balaban J connectivity index is 1.46. The zero-order valence-corrected chi connectivity index (χ0v) is 21.0. The maximum atomic E-state index is 13.1. The summed E-state index contributed by atoms with van der Waals surface area (Å²) in [6.45, 7) is 2.78. The number of carbonyl (C=O) groups is 1. The maximum Gasteiger partial charge on any atom is 0.226 e. The number of methoxy groups -OCH3 is 2. The zero-order valence-electron chi connectivity index (χ0n) is 21.0. The Kier molecular flexibility index (Phi) is 10.5. The molecular formula is C29H40N2O3. The first-order valence-corrected chi connectivity index (χ1v) is 12.5. The maximum absolute atomic E-state index is 13.1. The van der Waals surface area contributed by atoms with Gasteiger partial charge in [-0.2, -0.15) is 0 Å². The van der Waals surface area contributed by atoms with Gasteiger partial charge in [-0.15, -0.1) is 0 Å². The molecule has 1 aliphatic rings. The van der Waals surface area contributed by atoms with Crippen LogP contribution in [0.3, 0.4) is 0 Å². The highest BCUT2D eigenvalue weighted by atomic mass is 16.5. The molecule has 0 N–H and O–H groups in total. The minimum atomic E-state index is 0.257. The summed E-state index contributed by atoms with van der Waals surface area (Å²) >= 11 is 0. The summed E-state index contributed by atoms with van der Waals surface area (Å²) in [6, 6.07) is 16.7. The van der Waals surface area contributed by atoms with E-state index in [1.165, 1.54) is 18.4 Å². The van der Waals surface area contributed by atoms with Gasteiger partial charge in [-0.1, -0.05) is 61.4 Å². The molecule has 0 bridgehead atoms. The molecule has 0 spiro atoms. The van der Waals surface area contributed by atoms with E-state index >= 15 is 0 Å². The summed E-state index contributed by atoms with van der Waals surface area (Å²) in [5, 5.41) is 0. The molecule has 0 atom stereocenters. The van der Waals surface area contributed by atoms with Crippen molar-refractivity contribution < 1.29 is 14.3 Å². The van der Waals surface area contributed by atoms with Crippen LogP contribution in [-0.2, 0) is 11.2 Å². The predicted octanol–water partition coefficient (Wildman–Crippen LogP) is 5.44. The Morgan fingerprint density at radius 2 is 1.71 bits per heavy atom. The van der Waals surface area contributed by atoms with Crippen LogP contribution in [0, 0.1) is 0 Å². The van der Waals surface area contributed by atoms with Crippen LogP contribution < -0.4 is 9.47 Å². The number of amides is 1. The van der Waals surface area contributed by atoms with Gasteiger partial charge in [-0.05, 0) is 62.5 Å². The fourth-order valence-corrected chi connectivity index (χ4v) is 4.68. The number of hydrogen-bond donors (Lipinski definition) is 0. The number of rotatable bonds is 13. The first-order valence-electron chi connectivity index (χ1n) is 12.5. The van der Waals surface area contributed by atoms with Gasteiger partial charge < -0.3 is 19.3 Å². The topological polar surface area (TPSA) is 42.0 Å². The van der Waals surface area contributed by atoms with Crippen molar-refractivity contribution in [3.05, 3.63) is 65.7 Å². The lowest BCUT2D eigenvalue weighted by molar-refractivity contribution is -0.132. The Hall–Kier alpha value is -2.79. The van der Waals surface area contributed by atoms with E-state index < -0.39 is 0 Å². The Morgan fingerprint density at radius 1 is 0.971 bits per heavy atom. The molecule has 1 aliphatic carbocycles. The molecule has 3 rings (SSSR count). The number of benzene rings is 2. The molecule has 1 amide bonds. The lowest BCUT2D eigenvalue weighted by Gasteiger charge is -2.29. The van der Waals surface area contributed by atoms with Crippen molar-refractivity contribution in [2.24, 2.45) is 0 Å². The van der Waals surface area contributed by atoms with Gasteiger partial charge in [-0.3, -0.25) is 4.79 Å². The Morgan fingerprint density at radius 3 is 2.41 bits per heavy atom. The van der Waals surface area contributed by atoms with Crippen molar-refractivity contribution in [3.63, 3.8) is 0 Å². The van der Waals surface area contributed by atoms with Crippen LogP contribution in [0.25, 0.3) is 6.08 Å². The second-order valence-corrected chi connectivity index (χ2v) is 9.14. The van der Waals surface area contributed by atoms with E-state index in [1.807, 2.05) is 36.4 Å². The largest absolute Gasteiger partial charge is 0.493 e. The Labute approximate surface area is 205 Å². The van der Waals surface area contributed by atoms with E-state index in [0.29, 0.717) is 12.5 Å². The number of ether oxygens (including phenoxy) is 2. The second kappa shape index (κ2) is 13.8. The third-order valence-corrected chi connectivity index (χ3v) is 6.66. The number of likely N-dealkylation sites (N-methyl/N-ethyl adjacent to an activating group) is 1. The molecule has 34 heavy (non-hydrogen) atoms. The van der Waals surface area contributed by atoms with Crippen LogP contribution in [0.1, 0.15) is 49.7 Å². The highest BCUT2D eigenvalue weighted by Gasteiger charge is 2.25. The number of carbonyl (C=O) groups excluding carboxylic acids is 1. The highest BCUT2D eigenvalue weighted by Crippen LogP contribution is 2.28. The molecule has 5 heteroatoms. The first-order chi connectivity index (χ1) is 16.6. The van der Waals surface area contributed by atoms with E-state index in [4.69, 9.17) is 9.47 Å². The average molecular weight is 465 g/mol. The SMILES string of the molecule is COc1ccc(CCN(C)CCCN(C(=O)CC=Cc2ccccc2)C2CCCC2)cc1OC. The standard InChI is InChI=1S/C29H40N2O3/c1-30(22-19-25-17-18-27(33-2)28(23-25)34-3)20-10-21-31(26-14-7-8-15-26)29(32)16-9-13-24-11-5-4-6-12-24/h4-6,9,11-13,17-18,23,26H,7-8,10,14-16,19-22H2,1-3H3. The normalized spacial score (nSPS) is 14.1. The van der Waals surface area contributed by atoms with Crippen LogP contribution in [0.5, 0.6) is 11.5 Å². The summed E-state index contributed by atoms with van der Waals surface area (Å²) in [7, 11) is 5.48. The molecule has 1 fully saturated rings. The van der Waals surface area contributed by atoms with Crippen molar-refractivity contribution >= 4 is 12.0 Å². The molecule has 2 aromatic carbocycles. The zero-order chi connectivity index (χ0) is 24.2. The van der Waals surface area contributed by atoms with Crippen LogP contribution in [0.4, 0.5) is 0 Å². The molecule has 2 aromatic rings. The molecule has 0 aromatic heterocycles. The fourth-order valence-electron chi connectivity index (χ4n) is 4.68. The van der Waals surface area contributed by atoms with Crippen molar-refractivity contribution in [2.45, 2.75) is 51.0 Å². The van der Waals surface area contributed by atoms with E-state index in [2.05, 4.69) is 41.1 Å². The van der Waals surface area contributed by atoms with Gasteiger partial charge in [0.25, 0.3) is 0 Å². The summed E-state index contributed by atoms with van der Waals surface area (Å²) in [5.41, 5.74) is 2.37. The molecular weight excluding hydrogens is 424 g/mol. The summed E-state index contributed by atoms with van der Waals surface area (Å²) in [6.07, 6.45) is 11.2. The van der Waals surface area contributed by atoms with Crippen molar-refractivity contribution in [3.8, 4) is 11.5 Å². The van der Waals surface area contributed by atoms with E-state index in [9.17, 15) is 4.79 Å². The predicted molar refractivity (Wildman–Crippen MR) is 139 cm³/mol. The first kappa shape index (κ1) is 25.8. The molecule has 0 unspecified atom stereocenters. The van der Waals surface area contributed by atoms with Gasteiger partial charge in [0, 0.05) is 25.6 Å². The van der Waals surface area contributed by atoms with E-state index in [-0.39, 0.29) is 5.91 Å². The third-order valence-electron chi connectivity index (χ3n) is 6.66. The van der Waals surface area contributed by atoms with Crippen LogP contribution in [-0.4, -0.2) is 62.7 Å². The summed E-state index contributed by atoms with van der Waals surface area (Å²) in [4.78, 5) is 17.6. The molecule has 5 nitrogen and oxygen atoms in total. The third kappa shape index (κ3) is 7.91. The average Bonchev–Trinajstić information content (AvgIpc) is 3.40.